The van der Waals surface area contributed by atoms with Crippen molar-refractivity contribution < 1.29 is 0 Å². The highest BCUT2D eigenvalue weighted by Crippen LogP contribution is 2.30. The third-order valence-electron chi connectivity index (χ3n) is 3.54. The van der Waals surface area contributed by atoms with E-state index >= 15 is 0 Å². The van der Waals surface area contributed by atoms with Crippen LogP contribution in [0.1, 0.15) is 24.4 Å². The lowest BCUT2D eigenvalue weighted by Crippen LogP contribution is -2.14. The number of benzene rings is 2. The molecule has 0 saturated heterocycles. The van der Waals surface area contributed by atoms with Gasteiger partial charge in [-0.05, 0) is 42.4 Å². The van der Waals surface area contributed by atoms with Crippen LogP contribution in [-0.2, 0) is 0 Å². The summed E-state index contributed by atoms with van der Waals surface area (Å²) in [5.74, 6) is 0. The predicted molar refractivity (Wildman–Crippen MR) is 92.6 cm³/mol. The largest absolute Gasteiger partial charge is 0.311 e. The summed E-state index contributed by atoms with van der Waals surface area (Å²) in [6.45, 7) is 2.15. The Morgan fingerprint density at radius 3 is 2.67 bits per heavy atom. The second-order valence-electron chi connectivity index (χ2n) is 4.90. The second-order valence-corrected chi connectivity index (χ2v) is 6.83. The van der Waals surface area contributed by atoms with Crippen LogP contribution in [-0.4, -0.2) is 17.2 Å². The van der Waals surface area contributed by atoms with Gasteiger partial charge in [0.2, 0.25) is 0 Å². The highest BCUT2D eigenvalue weighted by Gasteiger charge is 2.14. The summed E-state index contributed by atoms with van der Waals surface area (Å²) < 4.78 is 1.10. The van der Waals surface area contributed by atoms with Crippen LogP contribution in [0.4, 0.5) is 0 Å². The zero-order valence-electron chi connectivity index (χ0n) is 11.9. The van der Waals surface area contributed by atoms with Crippen LogP contribution in [0.15, 0.2) is 40.9 Å². The lowest BCUT2D eigenvalue weighted by molar-refractivity contribution is 0.568. The Balaban J connectivity index is 1.98. The van der Waals surface area contributed by atoms with Gasteiger partial charge in [0.15, 0.2) is 0 Å². The number of hydrogen-bond acceptors (Lipinski definition) is 4. The number of halogens is 1. The minimum absolute atomic E-state index is 0.285. The Labute approximate surface area is 136 Å². The average Bonchev–Trinajstić information content (AvgIpc) is 2.98. The first-order chi connectivity index (χ1) is 10.2. The van der Waals surface area contributed by atoms with Gasteiger partial charge in [-0.25, -0.2) is 0 Å². The summed E-state index contributed by atoms with van der Waals surface area (Å²) in [7, 11) is 1.96. The minimum atomic E-state index is 0.285. The van der Waals surface area contributed by atoms with E-state index in [1.807, 2.05) is 7.05 Å². The summed E-state index contributed by atoms with van der Waals surface area (Å²) in [6, 6.07) is 13.0. The molecule has 1 unspecified atom stereocenters. The van der Waals surface area contributed by atoms with Gasteiger partial charge in [-0.2, -0.15) is 0 Å². The molecule has 0 aliphatic heterocycles. The van der Waals surface area contributed by atoms with E-state index in [4.69, 9.17) is 0 Å². The van der Waals surface area contributed by atoms with Gasteiger partial charge in [0.1, 0.15) is 10.0 Å². The summed E-state index contributed by atoms with van der Waals surface area (Å²) >= 11 is 5.16. The van der Waals surface area contributed by atoms with Gasteiger partial charge in [-0.15, -0.1) is 10.2 Å². The van der Waals surface area contributed by atoms with Gasteiger partial charge in [-0.3, -0.25) is 0 Å². The Morgan fingerprint density at radius 1 is 1.14 bits per heavy atom. The van der Waals surface area contributed by atoms with Crippen LogP contribution in [0, 0.1) is 0 Å². The molecule has 5 heteroatoms. The van der Waals surface area contributed by atoms with Gasteiger partial charge in [0, 0.05) is 10.0 Å². The number of nitrogens with one attached hydrogen (secondary N) is 1. The molecule has 0 radical (unpaired) electrons. The monoisotopic (exact) mass is 361 g/mol. The van der Waals surface area contributed by atoms with Crippen LogP contribution >= 0.6 is 27.3 Å². The van der Waals surface area contributed by atoms with Crippen molar-refractivity contribution >= 4 is 38.0 Å². The average molecular weight is 362 g/mol. The number of fused-ring (bicyclic) bond motifs is 1. The second kappa shape index (κ2) is 6.22. The molecule has 0 fully saturated rings. The molecule has 0 bridgehead atoms. The fourth-order valence-corrected chi connectivity index (χ4v) is 3.76. The Morgan fingerprint density at radius 2 is 1.90 bits per heavy atom. The molecule has 2 aromatic carbocycles. The summed E-state index contributed by atoms with van der Waals surface area (Å²) in [5.41, 5.74) is 1.12. The highest BCUT2D eigenvalue weighted by molar-refractivity contribution is 9.10. The molecule has 1 heterocycles. The molecule has 3 aromatic rings. The molecule has 0 amide bonds. The van der Waals surface area contributed by atoms with E-state index in [0.29, 0.717) is 0 Å². The maximum Gasteiger partial charge on any atom is 0.147 e. The molecule has 21 heavy (non-hydrogen) atoms. The Kier molecular flexibility index (Phi) is 4.33. The SMILES string of the molecule is CCC(NC)c1nnc(-c2ccc3cc(Br)ccc3c2)s1. The van der Waals surface area contributed by atoms with Gasteiger partial charge in [0.05, 0.1) is 6.04 Å². The molecule has 1 atom stereocenters. The zero-order valence-corrected chi connectivity index (χ0v) is 14.3. The first kappa shape index (κ1) is 14.6. The normalized spacial score (nSPS) is 12.7. The molecular weight excluding hydrogens is 346 g/mol. The molecule has 3 nitrogen and oxygen atoms in total. The van der Waals surface area contributed by atoms with Crippen molar-refractivity contribution in [3.05, 3.63) is 45.9 Å². The maximum atomic E-state index is 4.35. The number of nitrogens with zero attached hydrogens (tertiary/aromatic N) is 2. The van der Waals surface area contributed by atoms with E-state index in [9.17, 15) is 0 Å². The molecule has 1 aromatic heterocycles. The molecule has 0 saturated carbocycles. The Bertz CT molecular complexity index is 765. The van der Waals surface area contributed by atoms with Crippen LogP contribution in [0.5, 0.6) is 0 Å². The van der Waals surface area contributed by atoms with E-state index in [0.717, 1.165) is 26.5 Å². The van der Waals surface area contributed by atoms with E-state index in [2.05, 4.69) is 74.8 Å². The lowest BCUT2D eigenvalue weighted by Gasteiger charge is -2.08. The quantitative estimate of drug-likeness (QED) is 0.725. The van der Waals surface area contributed by atoms with Crippen molar-refractivity contribution in [1.29, 1.82) is 0 Å². The van der Waals surface area contributed by atoms with E-state index in [-0.39, 0.29) is 6.04 Å². The van der Waals surface area contributed by atoms with Gasteiger partial charge in [0.25, 0.3) is 0 Å². The van der Waals surface area contributed by atoms with Gasteiger partial charge in [-0.1, -0.05) is 52.4 Å². The number of aromatic nitrogens is 2. The summed E-state index contributed by atoms with van der Waals surface area (Å²) in [6.07, 6.45) is 1.01. The van der Waals surface area contributed by atoms with E-state index < -0.39 is 0 Å². The lowest BCUT2D eigenvalue weighted by atomic mass is 10.1. The fourth-order valence-electron chi connectivity index (χ4n) is 2.34. The molecule has 1 N–H and O–H groups in total. The van der Waals surface area contributed by atoms with Crippen LogP contribution in [0.3, 0.4) is 0 Å². The van der Waals surface area contributed by atoms with Crippen LogP contribution in [0.25, 0.3) is 21.3 Å². The standard InChI is InChI=1S/C16H16BrN3S/c1-3-14(18-2)16-20-19-15(21-16)12-5-4-11-9-13(17)7-6-10(11)8-12/h4-9,14,18H,3H2,1-2H3. The third-order valence-corrected chi connectivity index (χ3v) is 5.12. The smallest absolute Gasteiger partial charge is 0.147 e. The van der Waals surface area contributed by atoms with E-state index in [1.165, 1.54) is 10.8 Å². The predicted octanol–water partition coefficient (Wildman–Crippen LogP) is 4.79. The zero-order chi connectivity index (χ0) is 14.8. The molecule has 108 valence electrons. The first-order valence-corrected chi connectivity index (χ1v) is 8.52. The highest BCUT2D eigenvalue weighted by atomic mass is 79.9. The van der Waals surface area contributed by atoms with Crippen molar-refractivity contribution in [1.82, 2.24) is 15.5 Å². The van der Waals surface area contributed by atoms with Gasteiger partial charge >= 0.3 is 0 Å². The van der Waals surface area contributed by atoms with Crippen molar-refractivity contribution in [3.63, 3.8) is 0 Å². The Hall–Kier alpha value is -1.30. The van der Waals surface area contributed by atoms with Gasteiger partial charge < -0.3 is 5.32 Å². The third kappa shape index (κ3) is 3.00. The number of hydrogen-bond donors (Lipinski definition) is 1. The topological polar surface area (TPSA) is 37.8 Å². The molecule has 0 aliphatic rings. The first-order valence-electron chi connectivity index (χ1n) is 6.91. The van der Waals surface area contributed by atoms with Crippen molar-refractivity contribution in [2.75, 3.05) is 7.05 Å². The molecule has 3 rings (SSSR count). The molecule has 0 aliphatic carbocycles. The van der Waals surface area contributed by atoms with Crippen LogP contribution < -0.4 is 5.32 Å². The van der Waals surface area contributed by atoms with Crippen molar-refractivity contribution in [3.8, 4) is 10.6 Å². The summed E-state index contributed by atoms with van der Waals surface area (Å²) in [4.78, 5) is 0. The summed E-state index contributed by atoms with van der Waals surface area (Å²) in [5, 5.41) is 16.4. The van der Waals surface area contributed by atoms with Crippen LogP contribution in [0.2, 0.25) is 0 Å². The number of rotatable bonds is 4. The minimum Gasteiger partial charge on any atom is -0.311 e. The van der Waals surface area contributed by atoms with E-state index in [1.54, 1.807) is 11.3 Å². The maximum absolute atomic E-state index is 4.35. The van der Waals surface area contributed by atoms with Crippen molar-refractivity contribution in [2.45, 2.75) is 19.4 Å². The molecule has 0 spiro atoms. The fraction of sp³-hybridized carbons (Fsp3) is 0.250. The van der Waals surface area contributed by atoms with Crippen molar-refractivity contribution in [2.24, 2.45) is 0 Å². The molecular formula is C16H16BrN3S.